The smallest absolute Gasteiger partial charge is 0.166 e. The zero-order chi connectivity index (χ0) is 12.8. The Labute approximate surface area is 109 Å². The Bertz CT molecular complexity index is 327. The molecule has 0 aromatic carbocycles. The van der Waals surface area contributed by atoms with Gasteiger partial charge in [-0.1, -0.05) is 12.8 Å². The molecule has 2 rings (SSSR count). The van der Waals surface area contributed by atoms with E-state index in [9.17, 15) is 5.11 Å². The van der Waals surface area contributed by atoms with Crippen LogP contribution in [0.2, 0.25) is 0 Å². The van der Waals surface area contributed by atoms with Gasteiger partial charge in [0.25, 0.3) is 0 Å². The molecule has 1 saturated heterocycles. The van der Waals surface area contributed by atoms with Crippen molar-refractivity contribution in [2.45, 2.75) is 38.3 Å². The van der Waals surface area contributed by atoms with Crippen LogP contribution >= 0.6 is 0 Å². The van der Waals surface area contributed by atoms with Gasteiger partial charge in [0.15, 0.2) is 6.23 Å². The molecule has 4 heteroatoms. The number of unbranched alkanes of at least 4 members (excludes halogenated alkanes) is 2. The monoisotopic (exact) mass is 252 g/mol. The minimum atomic E-state index is -0.575. The molecule has 0 aliphatic carbocycles. The lowest BCUT2D eigenvalue weighted by molar-refractivity contribution is -0.000786. The van der Waals surface area contributed by atoms with E-state index in [-0.39, 0.29) is 0 Å². The lowest BCUT2D eigenvalue weighted by Gasteiger charge is -2.21. The van der Waals surface area contributed by atoms with Crippen LogP contribution in [-0.4, -0.2) is 29.6 Å². The number of furan rings is 1. The van der Waals surface area contributed by atoms with E-state index >= 15 is 0 Å². The molecule has 0 radical (unpaired) electrons. The zero-order valence-corrected chi connectivity index (χ0v) is 10.9. The molecule has 4 nitrogen and oxygen atoms in total. The molecule has 0 saturated carbocycles. The molecule has 2 unspecified atom stereocenters. The fraction of sp³-hybridized carbons (Fsp3) is 0.714. The number of aliphatic hydroxyl groups excluding tert-OH is 1. The van der Waals surface area contributed by atoms with Crippen LogP contribution in [0.15, 0.2) is 22.8 Å². The van der Waals surface area contributed by atoms with E-state index in [0.717, 1.165) is 26.1 Å². The second-order valence-corrected chi connectivity index (χ2v) is 5.18. The van der Waals surface area contributed by atoms with Crippen LogP contribution in [0, 0.1) is 5.92 Å². The summed E-state index contributed by atoms with van der Waals surface area (Å²) in [7, 11) is 0. The van der Waals surface area contributed by atoms with E-state index in [1.54, 1.807) is 6.26 Å². The molecule has 3 N–H and O–H groups in total. The van der Waals surface area contributed by atoms with Crippen LogP contribution in [0.3, 0.4) is 0 Å². The van der Waals surface area contributed by atoms with Gasteiger partial charge in [0.2, 0.25) is 0 Å². The van der Waals surface area contributed by atoms with Crippen molar-refractivity contribution in [3.63, 3.8) is 0 Å². The largest absolute Gasteiger partial charge is 0.465 e. The van der Waals surface area contributed by atoms with E-state index in [2.05, 4.69) is 4.90 Å². The van der Waals surface area contributed by atoms with Crippen molar-refractivity contribution >= 4 is 0 Å². The van der Waals surface area contributed by atoms with Crippen molar-refractivity contribution in [1.82, 2.24) is 4.90 Å². The predicted octanol–water partition coefficient (Wildman–Crippen LogP) is 2.11. The van der Waals surface area contributed by atoms with Crippen LogP contribution in [0.1, 0.15) is 44.1 Å². The number of rotatable bonds is 7. The Morgan fingerprint density at radius 3 is 3.06 bits per heavy atom. The average Bonchev–Trinajstić information content (AvgIpc) is 3.05. The number of hydrogen-bond donors (Lipinski definition) is 2. The molecule has 102 valence electrons. The molecular weight excluding hydrogens is 228 g/mol. The zero-order valence-electron chi connectivity index (χ0n) is 10.9. The third kappa shape index (κ3) is 3.57. The molecule has 1 aromatic heterocycles. The van der Waals surface area contributed by atoms with Gasteiger partial charge >= 0.3 is 0 Å². The second kappa shape index (κ2) is 6.92. The third-order valence-electron chi connectivity index (χ3n) is 3.78. The summed E-state index contributed by atoms with van der Waals surface area (Å²) in [6.07, 6.45) is 7.08. The van der Waals surface area contributed by atoms with Crippen LogP contribution in [0.4, 0.5) is 0 Å². The lowest BCUT2D eigenvalue weighted by Crippen LogP contribution is -2.26. The van der Waals surface area contributed by atoms with Crippen LogP contribution in [0.5, 0.6) is 0 Å². The van der Waals surface area contributed by atoms with Crippen molar-refractivity contribution < 1.29 is 9.52 Å². The SMILES string of the molecule is NCCCCCC1CCN(C(O)c2ccco2)C1. The highest BCUT2D eigenvalue weighted by atomic mass is 16.4. The summed E-state index contributed by atoms with van der Waals surface area (Å²) in [4.78, 5) is 2.10. The first-order valence-corrected chi connectivity index (χ1v) is 6.97. The number of nitrogens with two attached hydrogens (primary N) is 1. The molecule has 1 aliphatic heterocycles. The quantitative estimate of drug-likeness (QED) is 0.730. The minimum Gasteiger partial charge on any atom is -0.465 e. The summed E-state index contributed by atoms with van der Waals surface area (Å²) in [5.41, 5.74) is 5.49. The summed E-state index contributed by atoms with van der Waals surface area (Å²) in [5, 5.41) is 10.2. The van der Waals surface area contributed by atoms with Gasteiger partial charge in [-0.3, -0.25) is 4.90 Å². The lowest BCUT2D eigenvalue weighted by atomic mass is 10.0. The van der Waals surface area contributed by atoms with E-state index in [1.807, 2.05) is 12.1 Å². The highest BCUT2D eigenvalue weighted by Crippen LogP contribution is 2.28. The Morgan fingerprint density at radius 1 is 1.44 bits per heavy atom. The number of nitrogens with zero attached hydrogens (tertiary/aromatic N) is 1. The van der Waals surface area contributed by atoms with Crippen molar-refractivity contribution in [2.75, 3.05) is 19.6 Å². The maximum absolute atomic E-state index is 10.2. The van der Waals surface area contributed by atoms with Gasteiger partial charge in [0.1, 0.15) is 5.76 Å². The molecule has 0 spiro atoms. The molecule has 1 fully saturated rings. The fourth-order valence-electron chi connectivity index (χ4n) is 2.69. The van der Waals surface area contributed by atoms with E-state index < -0.39 is 6.23 Å². The number of hydrogen-bond acceptors (Lipinski definition) is 4. The first-order chi connectivity index (χ1) is 8.81. The van der Waals surface area contributed by atoms with Crippen LogP contribution < -0.4 is 5.73 Å². The summed E-state index contributed by atoms with van der Waals surface area (Å²) in [6.45, 7) is 2.74. The van der Waals surface area contributed by atoms with Gasteiger partial charge in [-0.2, -0.15) is 0 Å². The maximum atomic E-state index is 10.2. The number of likely N-dealkylation sites (tertiary alicyclic amines) is 1. The Hall–Kier alpha value is -0.840. The molecule has 0 bridgehead atoms. The summed E-state index contributed by atoms with van der Waals surface area (Å²) >= 11 is 0. The molecule has 2 atom stereocenters. The summed E-state index contributed by atoms with van der Waals surface area (Å²) < 4.78 is 5.25. The van der Waals surface area contributed by atoms with Gasteiger partial charge in [-0.05, 0) is 43.9 Å². The van der Waals surface area contributed by atoms with Gasteiger partial charge in [0.05, 0.1) is 6.26 Å². The molecule has 2 heterocycles. The Kier molecular flexibility index (Phi) is 5.23. The summed E-state index contributed by atoms with van der Waals surface area (Å²) in [6, 6.07) is 3.65. The second-order valence-electron chi connectivity index (χ2n) is 5.18. The first kappa shape index (κ1) is 13.6. The van der Waals surface area contributed by atoms with Crippen molar-refractivity contribution in [3.05, 3.63) is 24.2 Å². The van der Waals surface area contributed by atoms with Crippen molar-refractivity contribution in [2.24, 2.45) is 11.7 Å². The normalized spacial score (nSPS) is 22.4. The highest BCUT2D eigenvalue weighted by molar-refractivity contribution is 5.02. The molecule has 18 heavy (non-hydrogen) atoms. The maximum Gasteiger partial charge on any atom is 0.166 e. The fourth-order valence-corrected chi connectivity index (χ4v) is 2.69. The molecule has 1 aromatic rings. The number of aliphatic hydroxyl groups is 1. The van der Waals surface area contributed by atoms with Gasteiger partial charge < -0.3 is 15.3 Å². The van der Waals surface area contributed by atoms with E-state index in [0.29, 0.717) is 11.7 Å². The third-order valence-corrected chi connectivity index (χ3v) is 3.78. The highest BCUT2D eigenvalue weighted by Gasteiger charge is 2.28. The minimum absolute atomic E-state index is 0.575. The van der Waals surface area contributed by atoms with Gasteiger partial charge in [-0.25, -0.2) is 0 Å². The van der Waals surface area contributed by atoms with Gasteiger partial charge in [0, 0.05) is 13.1 Å². The van der Waals surface area contributed by atoms with Crippen molar-refractivity contribution in [1.29, 1.82) is 0 Å². The van der Waals surface area contributed by atoms with Gasteiger partial charge in [-0.15, -0.1) is 0 Å². The Balaban J connectivity index is 1.71. The van der Waals surface area contributed by atoms with E-state index in [1.165, 1.54) is 25.7 Å². The molecular formula is C14H24N2O2. The van der Waals surface area contributed by atoms with E-state index in [4.69, 9.17) is 10.2 Å². The summed E-state index contributed by atoms with van der Waals surface area (Å²) in [5.74, 6) is 1.37. The standard InChI is InChI=1S/C14H24N2O2/c15-8-3-1-2-5-12-7-9-16(11-12)14(17)13-6-4-10-18-13/h4,6,10,12,14,17H,1-3,5,7-9,11,15H2. The van der Waals surface area contributed by atoms with Crippen molar-refractivity contribution in [3.8, 4) is 0 Å². The Morgan fingerprint density at radius 2 is 2.33 bits per heavy atom. The molecule has 1 aliphatic rings. The van der Waals surface area contributed by atoms with Crippen LogP contribution in [0.25, 0.3) is 0 Å². The topological polar surface area (TPSA) is 62.6 Å². The first-order valence-electron chi connectivity index (χ1n) is 6.97. The predicted molar refractivity (Wildman–Crippen MR) is 70.9 cm³/mol. The van der Waals surface area contributed by atoms with Crippen LogP contribution in [-0.2, 0) is 0 Å². The average molecular weight is 252 g/mol. The molecule has 0 amide bonds.